The monoisotopic (exact) mass is 349 g/mol. The molecule has 2 aromatic carbocycles. The summed E-state index contributed by atoms with van der Waals surface area (Å²) in [4.78, 5) is 12.6. The maximum Gasteiger partial charge on any atom is 0.193 e. The Kier molecular flexibility index (Phi) is 4.76. The van der Waals surface area contributed by atoms with Crippen LogP contribution in [-0.4, -0.2) is 19.2 Å². The predicted octanol–water partition coefficient (Wildman–Crippen LogP) is 4.23. The van der Waals surface area contributed by atoms with Gasteiger partial charge in [-0.1, -0.05) is 30.3 Å². The lowest BCUT2D eigenvalue weighted by Gasteiger charge is -2.28. The van der Waals surface area contributed by atoms with Crippen molar-refractivity contribution in [3.8, 4) is 17.1 Å². The van der Waals surface area contributed by atoms with Crippen LogP contribution >= 0.6 is 0 Å². The number of benzene rings is 2. The van der Waals surface area contributed by atoms with E-state index in [-0.39, 0.29) is 11.5 Å². The van der Waals surface area contributed by atoms with Gasteiger partial charge in [0.05, 0.1) is 11.5 Å². The van der Waals surface area contributed by atoms with E-state index in [0.717, 1.165) is 24.4 Å². The highest BCUT2D eigenvalue weighted by atomic mass is 16.5. The van der Waals surface area contributed by atoms with E-state index >= 15 is 0 Å². The minimum Gasteiger partial charge on any atom is -0.490 e. The summed E-state index contributed by atoms with van der Waals surface area (Å²) in [5, 5.41) is 3.97. The van der Waals surface area contributed by atoms with Gasteiger partial charge in [-0.2, -0.15) is 0 Å². The first-order valence-corrected chi connectivity index (χ1v) is 9.21. The molecule has 2 unspecified atom stereocenters. The Balaban J connectivity index is 1.61. The fourth-order valence-corrected chi connectivity index (χ4v) is 3.54. The lowest BCUT2D eigenvalue weighted by molar-refractivity contribution is 0.131. The van der Waals surface area contributed by atoms with Gasteiger partial charge in [0.2, 0.25) is 0 Å². The normalized spacial score (nSPS) is 18.6. The highest BCUT2D eigenvalue weighted by Gasteiger charge is 2.21. The molecule has 0 radical (unpaired) electrons. The molecule has 0 saturated carbocycles. The first-order chi connectivity index (χ1) is 12.7. The molecule has 4 nitrogen and oxygen atoms in total. The summed E-state index contributed by atoms with van der Waals surface area (Å²) in [6, 6.07) is 16.7. The molecule has 0 spiro atoms. The summed E-state index contributed by atoms with van der Waals surface area (Å²) in [5.41, 5.74) is 1.42. The summed E-state index contributed by atoms with van der Waals surface area (Å²) in [7, 11) is 0. The number of ether oxygens (including phenoxy) is 1. The Morgan fingerprint density at radius 3 is 2.77 bits per heavy atom. The molecule has 1 fully saturated rings. The minimum absolute atomic E-state index is 0.0532. The molecule has 2 atom stereocenters. The first kappa shape index (κ1) is 16.9. The van der Waals surface area contributed by atoms with E-state index in [2.05, 4.69) is 12.2 Å². The molecule has 0 bridgehead atoms. The van der Waals surface area contributed by atoms with Crippen molar-refractivity contribution in [1.82, 2.24) is 5.32 Å². The highest BCUT2D eigenvalue weighted by molar-refractivity contribution is 5.80. The molecule has 0 amide bonds. The topological polar surface area (TPSA) is 51.5 Å². The molecule has 134 valence electrons. The number of hydrogen-bond donors (Lipinski definition) is 1. The molecule has 0 aliphatic carbocycles. The van der Waals surface area contributed by atoms with Crippen LogP contribution in [0.25, 0.3) is 22.3 Å². The standard InChI is InChI=1S/C22H23NO3/c1-15(17-8-5-11-23-14-17)25-18-9-10-21-19(12-18)20(24)13-22(26-21)16-6-3-2-4-7-16/h2-4,6-7,9-10,12-13,15,17,23H,5,8,11,14H2,1H3. The van der Waals surface area contributed by atoms with Gasteiger partial charge in [0, 0.05) is 24.1 Å². The molecule has 2 heterocycles. The van der Waals surface area contributed by atoms with Crippen LogP contribution in [0.15, 0.2) is 63.8 Å². The van der Waals surface area contributed by atoms with Crippen molar-refractivity contribution < 1.29 is 9.15 Å². The van der Waals surface area contributed by atoms with Crippen molar-refractivity contribution in [3.05, 3.63) is 64.8 Å². The second kappa shape index (κ2) is 7.34. The Hall–Kier alpha value is -2.59. The SMILES string of the molecule is CC(Oc1ccc2oc(-c3ccccc3)cc(=O)c2c1)C1CCCNC1. The van der Waals surface area contributed by atoms with Crippen molar-refractivity contribution in [2.75, 3.05) is 13.1 Å². The van der Waals surface area contributed by atoms with E-state index in [1.54, 1.807) is 12.1 Å². The summed E-state index contributed by atoms with van der Waals surface area (Å²) in [5.74, 6) is 1.80. The van der Waals surface area contributed by atoms with E-state index in [9.17, 15) is 4.79 Å². The van der Waals surface area contributed by atoms with E-state index in [1.807, 2.05) is 42.5 Å². The maximum absolute atomic E-state index is 12.6. The third-order valence-corrected chi connectivity index (χ3v) is 5.08. The quantitative estimate of drug-likeness (QED) is 0.766. The van der Waals surface area contributed by atoms with Crippen molar-refractivity contribution in [3.63, 3.8) is 0 Å². The van der Waals surface area contributed by atoms with Gasteiger partial charge in [-0.15, -0.1) is 0 Å². The molecule has 1 aliphatic heterocycles. The van der Waals surface area contributed by atoms with Gasteiger partial charge in [0.15, 0.2) is 5.43 Å². The van der Waals surface area contributed by atoms with Crippen molar-refractivity contribution in [2.24, 2.45) is 5.92 Å². The molecule has 1 aliphatic rings. The number of piperidine rings is 1. The van der Waals surface area contributed by atoms with E-state index in [0.29, 0.717) is 22.6 Å². The van der Waals surface area contributed by atoms with Gasteiger partial charge in [-0.05, 0) is 44.5 Å². The number of nitrogens with one attached hydrogen (secondary N) is 1. The van der Waals surface area contributed by atoms with E-state index in [1.165, 1.54) is 12.8 Å². The predicted molar refractivity (Wildman–Crippen MR) is 104 cm³/mol. The summed E-state index contributed by atoms with van der Waals surface area (Å²) < 4.78 is 12.1. The van der Waals surface area contributed by atoms with Gasteiger partial charge in [0.1, 0.15) is 17.1 Å². The largest absolute Gasteiger partial charge is 0.490 e. The molecule has 26 heavy (non-hydrogen) atoms. The molecule has 4 rings (SSSR count). The number of hydrogen-bond acceptors (Lipinski definition) is 4. The Morgan fingerprint density at radius 1 is 1.15 bits per heavy atom. The van der Waals surface area contributed by atoms with Crippen LogP contribution < -0.4 is 15.5 Å². The van der Waals surface area contributed by atoms with Crippen molar-refractivity contribution in [2.45, 2.75) is 25.9 Å². The third-order valence-electron chi connectivity index (χ3n) is 5.08. The average molecular weight is 349 g/mol. The lowest BCUT2D eigenvalue weighted by Crippen LogP contribution is -2.37. The molecule has 3 aromatic rings. The molecular formula is C22H23NO3. The van der Waals surface area contributed by atoms with Gasteiger partial charge in [-0.25, -0.2) is 0 Å². The van der Waals surface area contributed by atoms with Gasteiger partial charge < -0.3 is 14.5 Å². The molecular weight excluding hydrogens is 326 g/mol. The lowest BCUT2D eigenvalue weighted by atomic mass is 9.94. The zero-order chi connectivity index (χ0) is 17.9. The van der Waals surface area contributed by atoms with Crippen LogP contribution in [0.4, 0.5) is 0 Å². The third kappa shape index (κ3) is 3.51. The van der Waals surface area contributed by atoms with E-state index < -0.39 is 0 Å². The number of fused-ring (bicyclic) bond motifs is 1. The van der Waals surface area contributed by atoms with Crippen LogP contribution in [-0.2, 0) is 0 Å². The van der Waals surface area contributed by atoms with Crippen LogP contribution in [0, 0.1) is 5.92 Å². The summed E-state index contributed by atoms with van der Waals surface area (Å²) >= 11 is 0. The zero-order valence-electron chi connectivity index (χ0n) is 14.9. The minimum atomic E-state index is -0.0532. The van der Waals surface area contributed by atoms with Crippen LogP contribution in [0.3, 0.4) is 0 Å². The second-order valence-electron chi connectivity index (χ2n) is 6.93. The molecule has 1 saturated heterocycles. The fraction of sp³-hybridized carbons (Fsp3) is 0.318. The Morgan fingerprint density at radius 2 is 2.00 bits per heavy atom. The van der Waals surface area contributed by atoms with Crippen molar-refractivity contribution >= 4 is 11.0 Å². The van der Waals surface area contributed by atoms with Gasteiger partial charge in [0.25, 0.3) is 0 Å². The average Bonchev–Trinajstić information content (AvgIpc) is 2.69. The van der Waals surface area contributed by atoms with Gasteiger partial charge in [-0.3, -0.25) is 4.79 Å². The van der Waals surface area contributed by atoms with Crippen LogP contribution in [0.1, 0.15) is 19.8 Å². The summed E-state index contributed by atoms with van der Waals surface area (Å²) in [6.45, 7) is 4.17. The molecule has 4 heteroatoms. The molecule has 1 N–H and O–H groups in total. The second-order valence-corrected chi connectivity index (χ2v) is 6.93. The smallest absolute Gasteiger partial charge is 0.193 e. The van der Waals surface area contributed by atoms with E-state index in [4.69, 9.17) is 9.15 Å². The number of rotatable bonds is 4. The maximum atomic E-state index is 12.6. The Labute approximate surface area is 152 Å². The van der Waals surface area contributed by atoms with Crippen LogP contribution in [0.2, 0.25) is 0 Å². The van der Waals surface area contributed by atoms with Crippen LogP contribution in [0.5, 0.6) is 5.75 Å². The Bertz CT molecular complexity index is 943. The first-order valence-electron chi connectivity index (χ1n) is 9.21. The fourth-order valence-electron chi connectivity index (χ4n) is 3.54. The van der Waals surface area contributed by atoms with Gasteiger partial charge >= 0.3 is 0 Å². The summed E-state index contributed by atoms with van der Waals surface area (Å²) in [6.07, 6.45) is 2.46. The highest BCUT2D eigenvalue weighted by Crippen LogP contribution is 2.26. The molecule has 1 aromatic heterocycles. The zero-order valence-corrected chi connectivity index (χ0v) is 14.9. The van der Waals surface area contributed by atoms with Crippen molar-refractivity contribution in [1.29, 1.82) is 0 Å².